The SMILES string of the molecule is COc1cc(/C(C=NCC(=O)N(C)Cc2ccccc2)=N/N)ccc1-n1cnc(C)c1. The first-order chi connectivity index (χ1) is 15.0. The van der Waals surface area contributed by atoms with E-state index < -0.39 is 0 Å². The number of benzene rings is 2. The average Bonchev–Trinajstić information content (AvgIpc) is 3.22. The summed E-state index contributed by atoms with van der Waals surface area (Å²) in [5, 5.41) is 3.82. The van der Waals surface area contributed by atoms with Crippen molar-refractivity contribution in [3.05, 3.63) is 77.9 Å². The molecule has 0 spiro atoms. The summed E-state index contributed by atoms with van der Waals surface area (Å²) in [7, 11) is 3.35. The van der Waals surface area contributed by atoms with Crippen LogP contribution in [0.1, 0.15) is 16.8 Å². The van der Waals surface area contributed by atoms with Gasteiger partial charge >= 0.3 is 0 Å². The summed E-state index contributed by atoms with van der Waals surface area (Å²) in [5.74, 6) is 6.12. The van der Waals surface area contributed by atoms with Crippen LogP contribution >= 0.6 is 0 Å². The Kier molecular flexibility index (Phi) is 7.16. The van der Waals surface area contributed by atoms with E-state index in [0.717, 1.165) is 22.5 Å². The van der Waals surface area contributed by atoms with Gasteiger partial charge < -0.3 is 20.0 Å². The number of hydrazone groups is 1. The molecule has 0 fully saturated rings. The first-order valence-electron chi connectivity index (χ1n) is 9.76. The van der Waals surface area contributed by atoms with Crippen molar-refractivity contribution in [2.24, 2.45) is 15.9 Å². The van der Waals surface area contributed by atoms with Crippen LogP contribution in [0.3, 0.4) is 0 Å². The lowest BCUT2D eigenvalue weighted by Crippen LogP contribution is -2.28. The molecule has 0 unspecified atom stereocenters. The second-order valence-corrected chi connectivity index (χ2v) is 7.03. The Morgan fingerprint density at radius 2 is 2.03 bits per heavy atom. The Labute approximate surface area is 181 Å². The number of carbonyl (C=O) groups excluding carboxylic acids is 1. The molecule has 2 N–H and O–H groups in total. The van der Waals surface area contributed by atoms with Gasteiger partial charge in [0, 0.05) is 31.6 Å². The molecule has 0 atom stereocenters. The van der Waals surface area contributed by atoms with E-state index >= 15 is 0 Å². The number of hydrogen-bond acceptors (Lipinski definition) is 6. The highest BCUT2D eigenvalue weighted by Gasteiger charge is 2.11. The van der Waals surface area contributed by atoms with E-state index in [1.165, 1.54) is 6.21 Å². The summed E-state index contributed by atoms with van der Waals surface area (Å²) in [5.41, 5.74) is 3.99. The lowest BCUT2D eigenvalue weighted by atomic mass is 10.1. The summed E-state index contributed by atoms with van der Waals surface area (Å²) in [6, 6.07) is 15.4. The fourth-order valence-electron chi connectivity index (χ4n) is 3.06. The number of nitrogens with zero attached hydrogens (tertiary/aromatic N) is 5. The number of aromatic nitrogens is 2. The summed E-state index contributed by atoms with van der Waals surface area (Å²) < 4.78 is 7.41. The van der Waals surface area contributed by atoms with E-state index in [0.29, 0.717) is 18.0 Å². The van der Waals surface area contributed by atoms with E-state index in [-0.39, 0.29) is 12.5 Å². The Morgan fingerprint density at radius 1 is 1.26 bits per heavy atom. The van der Waals surface area contributed by atoms with Crippen LogP contribution in [0, 0.1) is 6.92 Å². The maximum absolute atomic E-state index is 12.4. The van der Waals surface area contributed by atoms with Gasteiger partial charge in [-0.15, -0.1) is 0 Å². The van der Waals surface area contributed by atoms with E-state index in [1.54, 1.807) is 25.4 Å². The molecule has 8 nitrogen and oxygen atoms in total. The highest BCUT2D eigenvalue weighted by molar-refractivity contribution is 6.38. The molecule has 0 aliphatic carbocycles. The number of aliphatic imine (C=N–C) groups is 1. The van der Waals surface area contributed by atoms with Gasteiger partial charge in [0.25, 0.3) is 0 Å². The summed E-state index contributed by atoms with van der Waals surface area (Å²) >= 11 is 0. The summed E-state index contributed by atoms with van der Waals surface area (Å²) in [6.07, 6.45) is 5.14. The molecular formula is C23H26N6O2. The van der Waals surface area contributed by atoms with Gasteiger partial charge in [0.1, 0.15) is 18.0 Å². The monoisotopic (exact) mass is 418 g/mol. The first kappa shape index (κ1) is 21.8. The number of methoxy groups -OCH3 is 1. The molecule has 1 aromatic heterocycles. The third kappa shape index (κ3) is 5.57. The summed E-state index contributed by atoms with van der Waals surface area (Å²) in [6.45, 7) is 2.46. The van der Waals surface area contributed by atoms with Gasteiger partial charge in [-0.2, -0.15) is 5.10 Å². The van der Waals surface area contributed by atoms with Crippen molar-refractivity contribution in [3.63, 3.8) is 0 Å². The molecule has 2 aromatic carbocycles. The molecule has 0 saturated carbocycles. The molecule has 3 aromatic rings. The third-order valence-corrected chi connectivity index (χ3v) is 4.73. The zero-order valence-electron chi connectivity index (χ0n) is 17.9. The van der Waals surface area contributed by atoms with E-state index in [2.05, 4.69) is 15.1 Å². The normalized spacial score (nSPS) is 11.6. The molecule has 0 saturated heterocycles. The van der Waals surface area contributed by atoms with Gasteiger partial charge in [-0.05, 0) is 24.6 Å². The first-order valence-corrected chi connectivity index (χ1v) is 9.76. The number of carbonyl (C=O) groups is 1. The van der Waals surface area contributed by atoms with Crippen LogP contribution in [-0.2, 0) is 11.3 Å². The number of hydrogen-bond donors (Lipinski definition) is 1. The van der Waals surface area contributed by atoms with Crippen molar-refractivity contribution < 1.29 is 9.53 Å². The molecule has 0 bridgehead atoms. The molecule has 1 heterocycles. The number of nitrogens with two attached hydrogens (primary N) is 1. The summed E-state index contributed by atoms with van der Waals surface area (Å²) in [4.78, 5) is 22.5. The Balaban J connectivity index is 1.68. The van der Waals surface area contributed by atoms with E-state index in [1.807, 2.05) is 66.2 Å². The topological polar surface area (TPSA) is 98.1 Å². The van der Waals surface area contributed by atoms with Gasteiger partial charge in [-0.25, -0.2) is 4.98 Å². The minimum absolute atomic E-state index is 0.00584. The minimum Gasteiger partial charge on any atom is -0.495 e. The zero-order chi connectivity index (χ0) is 22.2. The van der Waals surface area contributed by atoms with Crippen LogP contribution in [0.15, 0.2) is 71.1 Å². The molecule has 0 aliphatic heterocycles. The second kappa shape index (κ2) is 10.2. The molecule has 1 amide bonds. The Hall–Kier alpha value is -3.94. The number of imidazole rings is 1. The largest absolute Gasteiger partial charge is 0.495 e. The van der Waals surface area contributed by atoms with Crippen LogP contribution < -0.4 is 10.6 Å². The third-order valence-electron chi connectivity index (χ3n) is 4.73. The highest BCUT2D eigenvalue weighted by atomic mass is 16.5. The standard InChI is InChI=1S/C23H26N6O2/c1-17-14-29(16-26-17)21-10-9-19(11-22(21)31-3)20(27-24)12-25-13-23(30)28(2)15-18-7-5-4-6-8-18/h4-12,14,16H,13,15,24H2,1-3H3/b25-12?,27-20+. The van der Waals surface area contributed by atoms with Gasteiger partial charge in [0.2, 0.25) is 5.91 Å². The van der Waals surface area contributed by atoms with E-state index in [9.17, 15) is 4.79 Å². The second-order valence-electron chi connectivity index (χ2n) is 7.03. The van der Waals surface area contributed by atoms with Crippen LogP contribution in [0.5, 0.6) is 5.75 Å². The molecule has 160 valence electrons. The quantitative estimate of drug-likeness (QED) is 0.345. The van der Waals surface area contributed by atoms with Crippen molar-refractivity contribution in [1.82, 2.24) is 14.5 Å². The van der Waals surface area contributed by atoms with Crippen LogP contribution in [0.25, 0.3) is 5.69 Å². The van der Waals surface area contributed by atoms with Crippen molar-refractivity contribution in [3.8, 4) is 11.4 Å². The number of rotatable bonds is 8. The number of amides is 1. The molecule has 0 radical (unpaired) electrons. The fraction of sp³-hybridized carbons (Fsp3) is 0.217. The molecule has 0 aliphatic rings. The smallest absolute Gasteiger partial charge is 0.244 e. The molecular weight excluding hydrogens is 392 g/mol. The van der Waals surface area contributed by atoms with Crippen molar-refractivity contribution in [2.45, 2.75) is 13.5 Å². The average molecular weight is 419 g/mol. The fourth-order valence-corrected chi connectivity index (χ4v) is 3.06. The Morgan fingerprint density at radius 3 is 2.68 bits per heavy atom. The number of likely N-dealkylation sites (N-methyl/N-ethyl adjacent to an activating group) is 1. The zero-order valence-corrected chi connectivity index (χ0v) is 17.9. The number of ether oxygens (including phenoxy) is 1. The molecule has 8 heteroatoms. The maximum Gasteiger partial charge on any atom is 0.244 e. The lowest BCUT2D eigenvalue weighted by molar-refractivity contribution is -0.128. The van der Waals surface area contributed by atoms with Gasteiger partial charge in [0.05, 0.1) is 24.8 Å². The predicted octanol–water partition coefficient (Wildman–Crippen LogP) is 2.58. The molecule has 31 heavy (non-hydrogen) atoms. The molecule has 3 rings (SSSR count). The maximum atomic E-state index is 12.4. The Bertz CT molecular complexity index is 1090. The van der Waals surface area contributed by atoms with Crippen LogP contribution in [-0.4, -0.2) is 53.0 Å². The lowest BCUT2D eigenvalue weighted by Gasteiger charge is -2.16. The van der Waals surface area contributed by atoms with Crippen molar-refractivity contribution in [2.75, 3.05) is 20.7 Å². The number of aryl methyl sites for hydroxylation is 1. The highest BCUT2D eigenvalue weighted by Crippen LogP contribution is 2.24. The van der Waals surface area contributed by atoms with Crippen LogP contribution in [0.2, 0.25) is 0 Å². The van der Waals surface area contributed by atoms with Crippen molar-refractivity contribution in [1.29, 1.82) is 0 Å². The minimum atomic E-state index is -0.0973. The van der Waals surface area contributed by atoms with Gasteiger partial charge in [-0.3, -0.25) is 9.79 Å². The van der Waals surface area contributed by atoms with Gasteiger partial charge in [0.15, 0.2) is 0 Å². The van der Waals surface area contributed by atoms with Crippen LogP contribution in [0.4, 0.5) is 0 Å². The van der Waals surface area contributed by atoms with Crippen molar-refractivity contribution >= 4 is 17.8 Å². The van der Waals surface area contributed by atoms with E-state index in [4.69, 9.17) is 10.6 Å². The van der Waals surface area contributed by atoms with Gasteiger partial charge in [-0.1, -0.05) is 36.4 Å². The predicted molar refractivity (Wildman–Crippen MR) is 122 cm³/mol.